The Labute approximate surface area is 203 Å². The van der Waals surface area contributed by atoms with E-state index in [1.807, 2.05) is 30.3 Å². The maximum Gasteiger partial charge on any atom is 0.224 e. The van der Waals surface area contributed by atoms with Gasteiger partial charge in [0.2, 0.25) is 5.91 Å². The minimum Gasteiger partial charge on any atom is -0.379 e. The van der Waals surface area contributed by atoms with Gasteiger partial charge in [-0.3, -0.25) is 9.69 Å². The number of allylic oxidation sites excluding steroid dienone is 2. The van der Waals surface area contributed by atoms with E-state index in [1.54, 1.807) is 11.3 Å². The van der Waals surface area contributed by atoms with E-state index in [0.29, 0.717) is 19.8 Å². The number of carbonyl (C=O) groups is 1. The molecule has 0 bridgehead atoms. The molecule has 3 atom stereocenters. The quantitative estimate of drug-likeness (QED) is 0.492. The molecule has 33 heavy (non-hydrogen) atoms. The first-order valence-electron chi connectivity index (χ1n) is 11.5. The van der Waals surface area contributed by atoms with Crippen molar-refractivity contribution >= 4 is 39.1 Å². The van der Waals surface area contributed by atoms with Gasteiger partial charge in [-0.05, 0) is 42.7 Å². The van der Waals surface area contributed by atoms with E-state index < -0.39 is 0 Å². The van der Waals surface area contributed by atoms with Crippen molar-refractivity contribution in [1.82, 2.24) is 15.2 Å². The summed E-state index contributed by atoms with van der Waals surface area (Å²) in [4.78, 5) is 20.7. The molecule has 5 nitrogen and oxygen atoms in total. The van der Waals surface area contributed by atoms with Crippen molar-refractivity contribution in [3.63, 3.8) is 0 Å². The Kier molecular flexibility index (Phi) is 7.07. The molecule has 1 aliphatic heterocycles. The average Bonchev–Trinajstić information content (AvgIpc) is 3.30. The molecule has 0 radical (unpaired) electrons. The average molecular weight is 482 g/mol. The summed E-state index contributed by atoms with van der Waals surface area (Å²) in [5.74, 6) is 0.117. The number of nitrogens with one attached hydrogen (secondary N) is 1. The van der Waals surface area contributed by atoms with Gasteiger partial charge in [-0.25, -0.2) is 4.98 Å². The summed E-state index contributed by atoms with van der Waals surface area (Å²) in [7, 11) is 0. The van der Waals surface area contributed by atoms with E-state index in [9.17, 15) is 4.79 Å². The molecule has 2 heterocycles. The monoisotopic (exact) mass is 481 g/mol. The van der Waals surface area contributed by atoms with Gasteiger partial charge in [0.1, 0.15) is 0 Å². The summed E-state index contributed by atoms with van der Waals surface area (Å²) in [6.45, 7) is 3.69. The molecule has 5 rings (SSSR count). The third-order valence-corrected chi connectivity index (χ3v) is 8.03. The minimum absolute atomic E-state index is 0.0927. The largest absolute Gasteiger partial charge is 0.379 e. The van der Waals surface area contributed by atoms with Crippen molar-refractivity contribution in [3.05, 3.63) is 76.3 Å². The fraction of sp³-hybridized carbons (Fsp3) is 0.385. The van der Waals surface area contributed by atoms with Gasteiger partial charge in [-0.1, -0.05) is 48.0 Å². The molecule has 1 amide bonds. The highest BCUT2D eigenvalue weighted by atomic mass is 35.5. The Bertz CT molecular complexity index is 1090. The fourth-order valence-electron chi connectivity index (χ4n) is 4.79. The maximum absolute atomic E-state index is 13.4. The zero-order chi connectivity index (χ0) is 22.6. The van der Waals surface area contributed by atoms with Crippen LogP contribution in [0.3, 0.4) is 0 Å². The molecule has 0 saturated carbocycles. The molecular weight excluding hydrogens is 454 g/mol. The minimum atomic E-state index is -0.105. The van der Waals surface area contributed by atoms with Gasteiger partial charge in [-0.15, -0.1) is 11.3 Å². The molecule has 1 aromatic heterocycles. The molecule has 172 valence electrons. The summed E-state index contributed by atoms with van der Waals surface area (Å²) in [6.07, 6.45) is 5.91. The summed E-state index contributed by atoms with van der Waals surface area (Å²) in [5, 5.41) is 5.06. The maximum atomic E-state index is 13.4. The molecule has 2 aromatic carbocycles. The Morgan fingerprint density at radius 2 is 1.88 bits per heavy atom. The van der Waals surface area contributed by atoms with Crippen LogP contribution in [0.15, 0.2) is 60.7 Å². The number of carbonyl (C=O) groups excluding carboxylic acids is 1. The highest BCUT2D eigenvalue weighted by molar-refractivity contribution is 7.18. The summed E-state index contributed by atoms with van der Waals surface area (Å²) in [6, 6.07) is 16.2. The third-order valence-electron chi connectivity index (χ3n) is 6.61. The lowest BCUT2D eigenvalue weighted by Gasteiger charge is -2.35. The number of rotatable bonds is 6. The number of fused-ring (bicyclic) bond motifs is 1. The first-order valence-corrected chi connectivity index (χ1v) is 12.7. The molecule has 0 unspecified atom stereocenters. The SMILES string of the molecule is O=C(NC[C@H](c1ccc(Cl)cc1)N1CCOCC1)[C@@H]1CC=CC[C@@H]1c1nc2ccccc2s1. The lowest BCUT2D eigenvalue weighted by molar-refractivity contribution is -0.126. The number of benzene rings is 2. The summed E-state index contributed by atoms with van der Waals surface area (Å²) in [5.41, 5.74) is 2.18. The normalized spacial score (nSPS) is 22.3. The van der Waals surface area contributed by atoms with Gasteiger partial charge in [-0.2, -0.15) is 0 Å². The second-order valence-corrected chi connectivity index (χ2v) is 10.1. The third kappa shape index (κ3) is 5.14. The second kappa shape index (κ2) is 10.3. The van der Waals surface area contributed by atoms with Gasteiger partial charge < -0.3 is 10.1 Å². The van der Waals surface area contributed by atoms with Crippen molar-refractivity contribution in [2.45, 2.75) is 24.8 Å². The first kappa shape index (κ1) is 22.5. The number of aromatic nitrogens is 1. The van der Waals surface area contributed by atoms with Gasteiger partial charge in [0.05, 0.1) is 40.4 Å². The molecule has 2 aliphatic rings. The van der Waals surface area contributed by atoms with E-state index in [-0.39, 0.29) is 23.8 Å². The van der Waals surface area contributed by atoms with Crippen LogP contribution in [0.5, 0.6) is 0 Å². The number of halogens is 1. The summed E-state index contributed by atoms with van der Waals surface area (Å²) < 4.78 is 6.73. The van der Waals surface area contributed by atoms with Crippen molar-refractivity contribution in [1.29, 1.82) is 0 Å². The van der Waals surface area contributed by atoms with Crippen molar-refractivity contribution in [2.24, 2.45) is 5.92 Å². The molecule has 1 aliphatic carbocycles. The smallest absolute Gasteiger partial charge is 0.224 e. The molecule has 0 spiro atoms. The van der Waals surface area contributed by atoms with Gasteiger partial charge in [0.15, 0.2) is 0 Å². The van der Waals surface area contributed by atoms with Crippen LogP contribution in [0.2, 0.25) is 5.02 Å². The number of morpholine rings is 1. The Morgan fingerprint density at radius 3 is 2.67 bits per heavy atom. The Balaban J connectivity index is 1.32. The zero-order valence-electron chi connectivity index (χ0n) is 18.5. The lowest BCUT2D eigenvalue weighted by atomic mass is 9.82. The second-order valence-electron chi connectivity index (χ2n) is 8.64. The van der Waals surface area contributed by atoms with Crippen molar-refractivity contribution in [3.8, 4) is 0 Å². The van der Waals surface area contributed by atoms with Crippen LogP contribution in [0.25, 0.3) is 10.2 Å². The molecule has 3 aromatic rings. The number of nitrogens with zero attached hydrogens (tertiary/aromatic N) is 2. The van der Waals surface area contributed by atoms with Crippen LogP contribution in [-0.2, 0) is 9.53 Å². The van der Waals surface area contributed by atoms with E-state index >= 15 is 0 Å². The van der Waals surface area contributed by atoms with Crippen LogP contribution in [-0.4, -0.2) is 48.6 Å². The molecule has 1 fully saturated rings. The van der Waals surface area contributed by atoms with Crippen LogP contribution in [0, 0.1) is 5.92 Å². The highest BCUT2D eigenvalue weighted by Gasteiger charge is 2.33. The van der Waals surface area contributed by atoms with E-state index in [0.717, 1.165) is 47.0 Å². The number of para-hydroxylation sites is 1. The van der Waals surface area contributed by atoms with E-state index in [1.165, 1.54) is 4.70 Å². The zero-order valence-corrected chi connectivity index (χ0v) is 20.0. The van der Waals surface area contributed by atoms with Gasteiger partial charge in [0.25, 0.3) is 0 Å². The molecule has 7 heteroatoms. The van der Waals surface area contributed by atoms with Crippen LogP contribution in [0.4, 0.5) is 0 Å². The number of amides is 1. The molecule has 1 saturated heterocycles. The lowest BCUT2D eigenvalue weighted by Crippen LogP contribution is -2.45. The van der Waals surface area contributed by atoms with E-state index in [4.69, 9.17) is 21.3 Å². The van der Waals surface area contributed by atoms with Crippen LogP contribution in [0.1, 0.15) is 35.4 Å². The number of hydrogen-bond acceptors (Lipinski definition) is 5. The highest BCUT2D eigenvalue weighted by Crippen LogP contribution is 2.38. The first-order chi connectivity index (χ1) is 16.2. The summed E-state index contributed by atoms with van der Waals surface area (Å²) >= 11 is 7.83. The van der Waals surface area contributed by atoms with Gasteiger partial charge in [0, 0.05) is 30.6 Å². The van der Waals surface area contributed by atoms with E-state index in [2.05, 4.69) is 40.6 Å². The predicted molar refractivity (Wildman–Crippen MR) is 134 cm³/mol. The fourth-order valence-corrected chi connectivity index (χ4v) is 6.06. The topological polar surface area (TPSA) is 54.5 Å². The van der Waals surface area contributed by atoms with Crippen LogP contribution < -0.4 is 5.32 Å². The Morgan fingerprint density at radius 1 is 1.12 bits per heavy atom. The van der Waals surface area contributed by atoms with Crippen molar-refractivity contribution < 1.29 is 9.53 Å². The standard InChI is InChI=1S/C26H28ClN3O2S/c27-19-11-9-18(10-12-19)23(30-13-15-32-16-14-30)17-28-25(31)20-5-1-2-6-21(20)26-29-22-7-3-4-8-24(22)33-26/h1-4,7-12,20-21,23H,5-6,13-17H2,(H,28,31)/t20-,21+,23-/m1/s1. The predicted octanol–water partition coefficient (Wildman–Crippen LogP) is 5.19. The Hall–Kier alpha value is -2.25. The van der Waals surface area contributed by atoms with Gasteiger partial charge >= 0.3 is 0 Å². The number of thiazole rings is 1. The molecule has 1 N–H and O–H groups in total. The molecular formula is C26H28ClN3O2S. The number of ether oxygens (including phenoxy) is 1. The number of hydrogen-bond donors (Lipinski definition) is 1. The van der Waals surface area contributed by atoms with Crippen LogP contribution >= 0.6 is 22.9 Å². The van der Waals surface area contributed by atoms with Crippen molar-refractivity contribution in [2.75, 3.05) is 32.8 Å².